The summed E-state index contributed by atoms with van der Waals surface area (Å²) in [5.41, 5.74) is 5.27. The van der Waals surface area contributed by atoms with Crippen molar-refractivity contribution in [1.29, 1.82) is 0 Å². The molecule has 0 aliphatic rings. The van der Waals surface area contributed by atoms with Gasteiger partial charge in [0.1, 0.15) is 0 Å². The molecular formula is C26H21NO3. The fraction of sp³-hybridized carbons (Fsp3) is 0.0769. The van der Waals surface area contributed by atoms with Crippen molar-refractivity contribution in [2.75, 3.05) is 0 Å². The van der Waals surface area contributed by atoms with Crippen molar-refractivity contribution in [1.82, 2.24) is 4.57 Å². The first-order chi connectivity index (χ1) is 14.5. The Hall–Kier alpha value is -3.92. The topological polar surface area (TPSA) is 59.3 Å². The van der Waals surface area contributed by atoms with Crippen LogP contribution < -0.4 is 0 Å². The summed E-state index contributed by atoms with van der Waals surface area (Å²) < 4.78 is 1.93. The molecule has 4 nitrogen and oxygen atoms in total. The number of hydrogen-bond acceptors (Lipinski definition) is 2. The molecule has 0 radical (unpaired) electrons. The van der Waals surface area contributed by atoms with Gasteiger partial charge in [0.2, 0.25) is 5.78 Å². The fourth-order valence-electron chi connectivity index (χ4n) is 3.52. The Morgan fingerprint density at radius 2 is 1.53 bits per heavy atom. The summed E-state index contributed by atoms with van der Waals surface area (Å²) >= 11 is 0. The number of hydrogen-bond donors (Lipinski definition) is 1. The van der Waals surface area contributed by atoms with Gasteiger partial charge in [0.15, 0.2) is 0 Å². The molecule has 0 unspecified atom stereocenters. The monoisotopic (exact) mass is 395 g/mol. The van der Waals surface area contributed by atoms with Crippen molar-refractivity contribution in [3.05, 3.63) is 119 Å². The fourth-order valence-corrected chi connectivity index (χ4v) is 3.52. The zero-order chi connectivity index (χ0) is 21.1. The second-order valence-corrected chi connectivity index (χ2v) is 7.26. The number of carbonyl (C=O) groups is 2. The van der Waals surface area contributed by atoms with Gasteiger partial charge >= 0.3 is 5.97 Å². The molecule has 30 heavy (non-hydrogen) atoms. The molecule has 4 aromatic rings. The van der Waals surface area contributed by atoms with Gasteiger partial charge < -0.3 is 9.67 Å². The van der Waals surface area contributed by atoms with Crippen molar-refractivity contribution < 1.29 is 14.7 Å². The molecule has 3 aromatic carbocycles. The van der Waals surface area contributed by atoms with Crippen LogP contribution in [-0.2, 0) is 6.54 Å². The van der Waals surface area contributed by atoms with Crippen LogP contribution in [0.5, 0.6) is 0 Å². The number of carboxylic acid groups (broad SMARTS) is 1. The van der Waals surface area contributed by atoms with Crippen LogP contribution in [0.1, 0.15) is 37.5 Å². The summed E-state index contributed by atoms with van der Waals surface area (Å²) in [4.78, 5) is 24.4. The van der Waals surface area contributed by atoms with E-state index in [4.69, 9.17) is 0 Å². The van der Waals surface area contributed by atoms with Gasteiger partial charge in [-0.25, -0.2) is 4.79 Å². The van der Waals surface area contributed by atoms with Gasteiger partial charge in [-0.15, -0.1) is 0 Å². The molecule has 4 heteroatoms. The second kappa shape index (κ2) is 8.21. The largest absolute Gasteiger partial charge is 0.478 e. The number of ketones is 1. The summed E-state index contributed by atoms with van der Waals surface area (Å²) in [6.07, 6.45) is 1.90. The highest BCUT2D eigenvalue weighted by atomic mass is 16.4. The van der Waals surface area contributed by atoms with Crippen molar-refractivity contribution in [3.63, 3.8) is 0 Å². The number of carbonyl (C=O) groups excluding carboxylic acids is 1. The van der Waals surface area contributed by atoms with E-state index < -0.39 is 5.97 Å². The average molecular weight is 395 g/mol. The molecule has 0 amide bonds. The molecule has 148 valence electrons. The van der Waals surface area contributed by atoms with Gasteiger partial charge in [-0.2, -0.15) is 0 Å². The summed E-state index contributed by atoms with van der Waals surface area (Å²) in [7, 11) is 0. The standard InChI is InChI=1S/C26H21NO3/c1-18-8-12-21(13-9-18)25(28)24-7-4-16-27(24)17-19-10-14-20(15-11-19)22-5-2-3-6-23(22)26(29)30/h2-16H,17H2,1H3,(H,29,30). The number of benzene rings is 3. The summed E-state index contributed by atoms with van der Waals surface area (Å²) in [5, 5.41) is 9.41. The highest BCUT2D eigenvalue weighted by Gasteiger charge is 2.14. The van der Waals surface area contributed by atoms with Gasteiger partial charge in [0.25, 0.3) is 0 Å². The van der Waals surface area contributed by atoms with Gasteiger partial charge in [-0.1, -0.05) is 72.3 Å². The van der Waals surface area contributed by atoms with Crippen LogP contribution in [0, 0.1) is 6.92 Å². The molecule has 0 aliphatic carbocycles. The normalized spacial score (nSPS) is 10.7. The smallest absolute Gasteiger partial charge is 0.336 e. The van der Waals surface area contributed by atoms with Gasteiger partial charge in [-0.3, -0.25) is 4.79 Å². The molecule has 4 rings (SSSR count). The molecule has 0 aliphatic heterocycles. The van der Waals surface area contributed by atoms with Crippen LogP contribution in [0.25, 0.3) is 11.1 Å². The van der Waals surface area contributed by atoms with Crippen molar-refractivity contribution >= 4 is 11.8 Å². The maximum Gasteiger partial charge on any atom is 0.336 e. The minimum Gasteiger partial charge on any atom is -0.478 e. The first-order valence-corrected chi connectivity index (χ1v) is 9.71. The maximum atomic E-state index is 12.9. The predicted octanol–water partition coefficient (Wildman–Crippen LogP) is 5.44. The van der Waals surface area contributed by atoms with Crippen LogP contribution in [0.4, 0.5) is 0 Å². The SMILES string of the molecule is Cc1ccc(C(=O)c2cccn2Cc2ccc(-c3ccccc3C(=O)O)cc2)cc1. The van der Waals surface area contributed by atoms with E-state index >= 15 is 0 Å². The maximum absolute atomic E-state index is 12.9. The van der Waals surface area contributed by atoms with E-state index in [1.807, 2.05) is 90.5 Å². The van der Waals surface area contributed by atoms with E-state index in [0.717, 1.165) is 16.7 Å². The van der Waals surface area contributed by atoms with Crippen LogP contribution in [0.3, 0.4) is 0 Å². The zero-order valence-corrected chi connectivity index (χ0v) is 16.6. The first kappa shape index (κ1) is 19.4. The molecule has 0 spiro atoms. The Kier molecular flexibility index (Phi) is 5.31. The van der Waals surface area contributed by atoms with E-state index in [1.165, 1.54) is 0 Å². The van der Waals surface area contributed by atoms with Crippen LogP contribution in [0.2, 0.25) is 0 Å². The van der Waals surface area contributed by atoms with E-state index in [-0.39, 0.29) is 11.3 Å². The van der Waals surface area contributed by atoms with Crippen molar-refractivity contribution in [2.45, 2.75) is 13.5 Å². The molecule has 0 saturated carbocycles. The third-order valence-electron chi connectivity index (χ3n) is 5.15. The number of aryl methyl sites for hydroxylation is 1. The number of rotatable bonds is 6. The van der Waals surface area contributed by atoms with Crippen molar-refractivity contribution in [2.24, 2.45) is 0 Å². The number of nitrogens with zero attached hydrogens (tertiary/aromatic N) is 1. The average Bonchev–Trinajstić information content (AvgIpc) is 3.22. The highest BCUT2D eigenvalue weighted by Crippen LogP contribution is 2.24. The summed E-state index contributed by atoms with van der Waals surface area (Å²) in [5.74, 6) is -0.951. The number of carboxylic acids is 1. The first-order valence-electron chi connectivity index (χ1n) is 9.71. The predicted molar refractivity (Wildman–Crippen MR) is 117 cm³/mol. The minimum atomic E-state index is -0.943. The third-order valence-corrected chi connectivity index (χ3v) is 5.15. The van der Waals surface area contributed by atoms with Crippen LogP contribution in [0.15, 0.2) is 91.1 Å². The molecule has 0 fully saturated rings. The lowest BCUT2D eigenvalue weighted by molar-refractivity contribution is 0.0697. The van der Waals surface area contributed by atoms with E-state index in [2.05, 4.69) is 0 Å². The lowest BCUT2D eigenvalue weighted by Crippen LogP contribution is -2.10. The Labute approximate surface area is 175 Å². The minimum absolute atomic E-state index is 0.00740. The highest BCUT2D eigenvalue weighted by molar-refractivity contribution is 6.08. The van der Waals surface area contributed by atoms with E-state index in [9.17, 15) is 14.7 Å². The molecular weight excluding hydrogens is 374 g/mol. The quantitative estimate of drug-likeness (QED) is 0.442. The Morgan fingerprint density at radius 1 is 0.833 bits per heavy atom. The molecule has 0 atom stereocenters. The summed E-state index contributed by atoms with van der Waals surface area (Å²) in [6.45, 7) is 2.55. The van der Waals surface area contributed by atoms with Gasteiger partial charge in [0.05, 0.1) is 11.3 Å². The molecule has 1 N–H and O–H groups in total. The molecule has 0 saturated heterocycles. The number of aromatic nitrogens is 1. The van der Waals surface area contributed by atoms with Crippen LogP contribution in [-0.4, -0.2) is 21.4 Å². The second-order valence-electron chi connectivity index (χ2n) is 7.26. The number of aromatic carboxylic acids is 1. The third kappa shape index (κ3) is 3.94. The molecule has 1 aromatic heterocycles. The van der Waals surface area contributed by atoms with E-state index in [0.29, 0.717) is 23.4 Å². The lowest BCUT2D eigenvalue weighted by atomic mass is 9.98. The Balaban J connectivity index is 1.57. The van der Waals surface area contributed by atoms with E-state index in [1.54, 1.807) is 12.1 Å². The van der Waals surface area contributed by atoms with Crippen molar-refractivity contribution in [3.8, 4) is 11.1 Å². The molecule has 0 bridgehead atoms. The lowest BCUT2D eigenvalue weighted by Gasteiger charge is -2.11. The zero-order valence-electron chi connectivity index (χ0n) is 16.6. The Morgan fingerprint density at radius 3 is 2.23 bits per heavy atom. The summed E-state index contributed by atoms with van der Waals surface area (Å²) in [6, 6.07) is 26.0. The Bertz CT molecular complexity index is 1200. The molecule has 1 heterocycles. The van der Waals surface area contributed by atoms with Gasteiger partial charge in [-0.05, 0) is 41.8 Å². The van der Waals surface area contributed by atoms with Crippen LogP contribution >= 0.6 is 0 Å². The van der Waals surface area contributed by atoms with Gasteiger partial charge in [0, 0.05) is 18.3 Å².